The van der Waals surface area contributed by atoms with Gasteiger partial charge in [0.05, 0.1) is 5.69 Å². The summed E-state index contributed by atoms with van der Waals surface area (Å²) in [5.74, 6) is 0.201. The number of carbonyl (C=O) groups excluding carboxylic acids is 1. The van der Waals surface area contributed by atoms with Crippen LogP contribution in [-0.4, -0.2) is 22.2 Å². The van der Waals surface area contributed by atoms with Crippen LogP contribution in [0.4, 0.5) is 5.69 Å². The maximum absolute atomic E-state index is 12.0. The molecule has 1 aliphatic carbocycles. The van der Waals surface area contributed by atoms with E-state index >= 15 is 0 Å². The van der Waals surface area contributed by atoms with Crippen molar-refractivity contribution in [3.63, 3.8) is 0 Å². The highest BCUT2D eigenvalue weighted by molar-refractivity contribution is 5.97. The molecule has 2 aromatic rings. The first-order valence-corrected chi connectivity index (χ1v) is 6.30. The normalized spacial score (nSPS) is 16.6. The summed E-state index contributed by atoms with van der Waals surface area (Å²) < 4.78 is 1.54. The van der Waals surface area contributed by atoms with Gasteiger partial charge in [-0.2, -0.15) is 5.10 Å². The Kier molecular flexibility index (Phi) is 2.74. The lowest BCUT2D eigenvalue weighted by Crippen LogP contribution is -2.33. The molecule has 0 spiro atoms. The van der Waals surface area contributed by atoms with Gasteiger partial charge in [0.1, 0.15) is 0 Å². The lowest BCUT2D eigenvalue weighted by atomic mass is 9.77. The number of rotatable bonds is 3. The van der Waals surface area contributed by atoms with Crippen molar-refractivity contribution in [3.8, 4) is 0 Å². The third kappa shape index (κ3) is 2.07. The number of benzene rings is 1. The molecule has 1 aromatic carbocycles. The van der Waals surface area contributed by atoms with Gasteiger partial charge in [-0.25, -0.2) is 0 Å². The number of aromatic nitrogens is 2. The van der Waals surface area contributed by atoms with Crippen LogP contribution in [0.1, 0.15) is 27.5 Å². The predicted molar refractivity (Wildman–Crippen MR) is 72.8 cm³/mol. The number of nitrogens with one attached hydrogen (secondary N) is 1. The molecule has 5 heteroatoms. The van der Waals surface area contributed by atoms with E-state index in [-0.39, 0.29) is 5.91 Å². The van der Waals surface area contributed by atoms with Crippen molar-refractivity contribution in [2.45, 2.75) is 12.3 Å². The summed E-state index contributed by atoms with van der Waals surface area (Å²) in [5.41, 5.74) is 9.14. The molecule has 19 heavy (non-hydrogen) atoms. The zero-order chi connectivity index (χ0) is 13.4. The van der Waals surface area contributed by atoms with Gasteiger partial charge in [0.25, 0.3) is 5.91 Å². The number of hydrogen-bond acceptors (Lipinski definition) is 3. The number of nitrogens with zero attached hydrogens (tertiary/aromatic N) is 2. The number of nitrogens with two attached hydrogens (primary N) is 1. The Morgan fingerprint density at radius 3 is 3.00 bits per heavy atom. The number of nitrogen functional groups attached to an aromatic ring is 1. The Morgan fingerprint density at radius 2 is 2.32 bits per heavy atom. The molecule has 1 aliphatic rings. The first-order chi connectivity index (χ1) is 9.15. The number of anilines is 1. The predicted octanol–water partition coefficient (Wildman–Crippen LogP) is 1.07. The Labute approximate surface area is 111 Å². The van der Waals surface area contributed by atoms with Crippen LogP contribution in [0, 0.1) is 0 Å². The van der Waals surface area contributed by atoms with Crippen molar-refractivity contribution < 1.29 is 4.79 Å². The van der Waals surface area contributed by atoms with Gasteiger partial charge < -0.3 is 11.1 Å². The molecule has 0 aliphatic heterocycles. The number of hydrogen-bond donors (Lipinski definition) is 2. The van der Waals surface area contributed by atoms with Crippen LogP contribution in [0.2, 0.25) is 0 Å². The minimum Gasteiger partial charge on any atom is -0.396 e. The summed E-state index contributed by atoms with van der Waals surface area (Å²) in [5, 5.41) is 6.96. The SMILES string of the molecule is Cn1cc(N)c(C(=O)NCC2Cc3ccccc32)n1. The van der Waals surface area contributed by atoms with Crippen molar-refractivity contribution in [2.24, 2.45) is 7.05 Å². The summed E-state index contributed by atoms with van der Waals surface area (Å²) in [6, 6.07) is 8.32. The smallest absolute Gasteiger partial charge is 0.273 e. The molecule has 1 heterocycles. The third-order valence-electron chi connectivity index (χ3n) is 3.54. The summed E-state index contributed by atoms with van der Waals surface area (Å²) in [6.45, 7) is 0.631. The van der Waals surface area contributed by atoms with Crippen LogP contribution in [0.5, 0.6) is 0 Å². The molecule has 0 bridgehead atoms. The second-order valence-corrected chi connectivity index (χ2v) is 4.92. The van der Waals surface area contributed by atoms with Crippen LogP contribution in [0.15, 0.2) is 30.5 Å². The van der Waals surface area contributed by atoms with Crippen LogP contribution >= 0.6 is 0 Å². The van der Waals surface area contributed by atoms with Gasteiger partial charge >= 0.3 is 0 Å². The molecule has 98 valence electrons. The van der Waals surface area contributed by atoms with Crippen LogP contribution in [0.3, 0.4) is 0 Å². The van der Waals surface area contributed by atoms with Crippen LogP contribution in [0.25, 0.3) is 0 Å². The highest BCUT2D eigenvalue weighted by Crippen LogP contribution is 2.34. The van der Waals surface area contributed by atoms with E-state index < -0.39 is 0 Å². The highest BCUT2D eigenvalue weighted by Gasteiger charge is 2.26. The summed E-state index contributed by atoms with van der Waals surface area (Å²) in [4.78, 5) is 12.0. The maximum atomic E-state index is 12.0. The van der Waals surface area contributed by atoms with E-state index in [0.29, 0.717) is 23.8 Å². The number of amides is 1. The van der Waals surface area contributed by atoms with Gasteiger partial charge in [-0.1, -0.05) is 24.3 Å². The Morgan fingerprint density at radius 1 is 1.53 bits per heavy atom. The molecule has 1 atom stereocenters. The van der Waals surface area contributed by atoms with Crippen molar-refractivity contribution in [1.29, 1.82) is 0 Å². The van der Waals surface area contributed by atoms with Gasteiger partial charge in [-0.15, -0.1) is 0 Å². The topological polar surface area (TPSA) is 72.9 Å². The van der Waals surface area contributed by atoms with Crippen molar-refractivity contribution >= 4 is 11.6 Å². The van der Waals surface area contributed by atoms with Gasteiger partial charge in [0.2, 0.25) is 0 Å². The first kappa shape index (κ1) is 11.8. The van der Waals surface area contributed by atoms with Crippen molar-refractivity contribution in [2.75, 3.05) is 12.3 Å². The van der Waals surface area contributed by atoms with E-state index in [9.17, 15) is 4.79 Å². The van der Waals surface area contributed by atoms with Crippen LogP contribution < -0.4 is 11.1 Å². The van der Waals surface area contributed by atoms with Gasteiger partial charge in [0, 0.05) is 25.7 Å². The lowest BCUT2D eigenvalue weighted by Gasteiger charge is -2.30. The highest BCUT2D eigenvalue weighted by atomic mass is 16.2. The molecule has 1 unspecified atom stereocenters. The van der Waals surface area contributed by atoms with Gasteiger partial charge in [-0.05, 0) is 17.5 Å². The molecular weight excluding hydrogens is 240 g/mol. The quantitative estimate of drug-likeness (QED) is 0.862. The largest absolute Gasteiger partial charge is 0.396 e. The molecule has 3 N–H and O–H groups in total. The molecule has 5 nitrogen and oxygen atoms in total. The third-order valence-corrected chi connectivity index (χ3v) is 3.54. The van der Waals surface area contributed by atoms with E-state index in [1.54, 1.807) is 17.9 Å². The molecule has 1 aromatic heterocycles. The van der Waals surface area contributed by atoms with Crippen molar-refractivity contribution in [1.82, 2.24) is 15.1 Å². The Hall–Kier alpha value is -2.30. The summed E-state index contributed by atoms with van der Waals surface area (Å²) in [6.07, 6.45) is 2.65. The average molecular weight is 256 g/mol. The molecule has 0 radical (unpaired) electrons. The monoisotopic (exact) mass is 256 g/mol. The molecule has 1 amide bonds. The van der Waals surface area contributed by atoms with Crippen molar-refractivity contribution in [3.05, 3.63) is 47.3 Å². The number of aryl methyl sites for hydroxylation is 1. The fourth-order valence-electron chi connectivity index (χ4n) is 2.53. The number of carbonyl (C=O) groups is 1. The zero-order valence-corrected chi connectivity index (χ0v) is 10.8. The molecular formula is C14H16N4O. The Bertz CT molecular complexity index is 632. The maximum Gasteiger partial charge on any atom is 0.273 e. The van der Waals surface area contributed by atoms with E-state index in [2.05, 4.69) is 22.5 Å². The summed E-state index contributed by atoms with van der Waals surface area (Å²) in [7, 11) is 1.75. The summed E-state index contributed by atoms with van der Waals surface area (Å²) >= 11 is 0. The van der Waals surface area contributed by atoms with Gasteiger partial charge in [0.15, 0.2) is 5.69 Å². The standard InChI is InChI=1S/C14H16N4O/c1-18-8-12(15)13(17-18)14(19)16-7-10-6-9-4-2-3-5-11(9)10/h2-5,8,10H,6-7,15H2,1H3,(H,16,19). The van der Waals surface area contributed by atoms with E-state index in [1.165, 1.54) is 11.1 Å². The fraction of sp³-hybridized carbons (Fsp3) is 0.286. The van der Waals surface area contributed by atoms with Gasteiger partial charge in [-0.3, -0.25) is 9.48 Å². The molecule has 0 fully saturated rings. The zero-order valence-electron chi connectivity index (χ0n) is 10.8. The lowest BCUT2D eigenvalue weighted by molar-refractivity contribution is 0.0945. The Balaban J connectivity index is 1.62. The second kappa shape index (κ2) is 4.42. The fourth-order valence-corrected chi connectivity index (χ4v) is 2.53. The minimum atomic E-state index is -0.206. The van der Waals surface area contributed by atoms with E-state index in [0.717, 1.165) is 6.42 Å². The second-order valence-electron chi connectivity index (χ2n) is 4.92. The first-order valence-electron chi connectivity index (χ1n) is 6.30. The van der Waals surface area contributed by atoms with Crippen LogP contribution in [-0.2, 0) is 13.5 Å². The molecule has 0 saturated heterocycles. The number of fused-ring (bicyclic) bond motifs is 1. The molecule has 3 rings (SSSR count). The van der Waals surface area contributed by atoms with E-state index in [4.69, 9.17) is 5.73 Å². The average Bonchev–Trinajstić information content (AvgIpc) is 2.69. The minimum absolute atomic E-state index is 0.206. The van der Waals surface area contributed by atoms with E-state index in [1.807, 2.05) is 12.1 Å². The molecule has 0 saturated carbocycles.